The SMILES string of the molecule is CCOc1ccc(Cl)cc1/C=C1\SC(=Nc2ccc(C(=O)O)cc2)NC1=O. The summed E-state index contributed by atoms with van der Waals surface area (Å²) in [5.41, 5.74) is 1.42. The minimum Gasteiger partial charge on any atom is -0.493 e. The molecule has 1 fully saturated rings. The van der Waals surface area contributed by atoms with Crippen molar-refractivity contribution in [2.75, 3.05) is 6.61 Å². The summed E-state index contributed by atoms with van der Waals surface area (Å²) >= 11 is 7.24. The summed E-state index contributed by atoms with van der Waals surface area (Å²) in [7, 11) is 0. The monoisotopic (exact) mass is 402 g/mol. The number of carboxylic acids is 1. The number of aromatic carboxylic acids is 1. The number of amides is 1. The smallest absolute Gasteiger partial charge is 0.335 e. The molecule has 6 nitrogen and oxygen atoms in total. The molecule has 2 aromatic carbocycles. The van der Waals surface area contributed by atoms with Crippen molar-refractivity contribution >= 4 is 52.2 Å². The number of halogens is 1. The first-order valence-corrected chi connectivity index (χ1v) is 9.21. The molecule has 0 aromatic heterocycles. The predicted octanol–water partition coefficient (Wildman–Crippen LogP) is 4.33. The molecule has 0 spiro atoms. The van der Waals surface area contributed by atoms with Crippen LogP contribution in [-0.4, -0.2) is 28.8 Å². The molecule has 0 aliphatic carbocycles. The number of carbonyl (C=O) groups is 2. The molecule has 0 unspecified atom stereocenters. The molecule has 0 bridgehead atoms. The molecule has 0 saturated carbocycles. The van der Waals surface area contributed by atoms with Crippen molar-refractivity contribution in [2.24, 2.45) is 4.99 Å². The topological polar surface area (TPSA) is 88.0 Å². The first-order valence-electron chi connectivity index (χ1n) is 8.01. The number of ether oxygens (including phenoxy) is 1. The van der Waals surface area contributed by atoms with E-state index in [1.165, 1.54) is 23.9 Å². The lowest BCUT2D eigenvalue weighted by atomic mass is 10.2. The number of carbonyl (C=O) groups excluding carboxylic acids is 1. The number of carboxylic acid groups (broad SMARTS) is 1. The summed E-state index contributed by atoms with van der Waals surface area (Å²) in [6.07, 6.45) is 1.70. The summed E-state index contributed by atoms with van der Waals surface area (Å²) in [4.78, 5) is 27.9. The molecule has 1 amide bonds. The van der Waals surface area contributed by atoms with Crippen LogP contribution in [-0.2, 0) is 4.79 Å². The maximum Gasteiger partial charge on any atom is 0.335 e. The second-order valence-corrected chi connectivity index (χ2v) is 6.92. The highest BCUT2D eigenvalue weighted by Gasteiger charge is 2.24. The molecule has 1 saturated heterocycles. The van der Waals surface area contributed by atoms with Crippen molar-refractivity contribution in [3.8, 4) is 5.75 Å². The van der Waals surface area contributed by atoms with E-state index in [0.717, 1.165) is 0 Å². The average molecular weight is 403 g/mol. The van der Waals surface area contributed by atoms with Gasteiger partial charge >= 0.3 is 5.97 Å². The van der Waals surface area contributed by atoms with Gasteiger partial charge in [0.15, 0.2) is 5.17 Å². The van der Waals surface area contributed by atoms with E-state index in [1.807, 2.05) is 6.92 Å². The standard InChI is InChI=1S/C19H15ClN2O4S/c1-2-26-15-8-5-13(20)9-12(15)10-16-17(23)22-19(27-16)21-14-6-3-11(4-7-14)18(24)25/h3-10H,2H2,1H3,(H,24,25)(H,21,22,23)/b16-10-. The highest BCUT2D eigenvalue weighted by molar-refractivity contribution is 8.18. The zero-order chi connectivity index (χ0) is 19.4. The number of thioether (sulfide) groups is 1. The fourth-order valence-electron chi connectivity index (χ4n) is 2.34. The Kier molecular flexibility index (Phi) is 5.83. The summed E-state index contributed by atoms with van der Waals surface area (Å²) in [5, 5.41) is 12.6. The zero-order valence-corrected chi connectivity index (χ0v) is 15.8. The van der Waals surface area contributed by atoms with E-state index >= 15 is 0 Å². The molecular formula is C19H15ClN2O4S. The third-order valence-electron chi connectivity index (χ3n) is 3.55. The number of aliphatic imine (C=N–C) groups is 1. The Labute approximate surface area is 164 Å². The van der Waals surface area contributed by atoms with Gasteiger partial charge in [0.25, 0.3) is 5.91 Å². The third kappa shape index (κ3) is 4.69. The zero-order valence-electron chi connectivity index (χ0n) is 14.2. The lowest BCUT2D eigenvalue weighted by Crippen LogP contribution is -2.19. The molecule has 0 radical (unpaired) electrons. The van der Waals surface area contributed by atoms with E-state index in [2.05, 4.69) is 10.3 Å². The highest BCUT2D eigenvalue weighted by atomic mass is 35.5. The Hall–Kier alpha value is -2.77. The molecule has 1 aliphatic heterocycles. The molecule has 1 aliphatic rings. The number of hydrogen-bond donors (Lipinski definition) is 2. The summed E-state index contributed by atoms with van der Waals surface area (Å²) in [5.74, 6) is -0.643. The van der Waals surface area contributed by atoms with Gasteiger partial charge in [-0.3, -0.25) is 4.79 Å². The van der Waals surface area contributed by atoms with Crippen molar-refractivity contribution in [3.05, 3.63) is 63.5 Å². The van der Waals surface area contributed by atoms with Crippen LogP contribution < -0.4 is 10.1 Å². The Morgan fingerprint density at radius 3 is 2.70 bits per heavy atom. The largest absolute Gasteiger partial charge is 0.493 e. The van der Waals surface area contributed by atoms with E-state index in [-0.39, 0.29) is 11.5 Å². The molecular weight excluding hydrogens is 388 g/mol. The first kappa shape index (κ1) is 19.0. The van der Waals surface area contributed by atoms with E-state index in [0.29, 0.717) is 38.7 Å². The maximum atomic E-state index is 12.2. The third-order valence-corrected chi connectivity index (χ3v) is 4.70. The van der Waals surface area contributed by atoms with Crippen LogP contribution in [0.25, 0.3) is 6.08 Å². The normalized spacial score (nSPS) is 16.6. The minimum atomic E-state index is -1.01. The molecule has 1 heterocycles. The molecule has 2 N–H and O–H groups in total. The van der Waals surface area contributed by atoms with E-state index in [4.69, 9.17) is 21.4 Å². The van der Waals surface area contributed by atoms with E-state index in [9.17, 15) is 9.59 Å². The van der Waals surface area contributed by atoms with Crippen LogP contribution in [0.4, 0.5) is 5.69 Å². The van der Waals surface area contributed by atoms with Crippen LogP contribution in [0.15, 0.2) is 52.4 Å². The molecule has 8 heteroatoms. The number of hydrogen-bond acceptors (Lipinski definition) is 5. The summed E-state index contributed by atoms with van der Waals surface area (Å²) < 4.78 is 5.57. The van der Waals surface area contributed by atoms with Gasteiger partial charge in [-0.05, 0) is 67.2 Å². The number of nitrogens with one attached hydrogen (secondary N) is 1. The van der Waals surface area contributed by atoms with Crippen molar-refractivity contribution in [1.82, 2.24) is 5.32 Å². The molecule has 2 aromatic rings. The van der Waals surface area contributed by atoms with Crippen molar-refractivity contribution in [3.63, 3.8) is 0 Å². The number of rotatable bonds is 5. The van der Waals surface area contributed by atoms with Gasteiger partial charge in [0.05, 0.1) is 22.8 Å². The van der Waals surface area contributed by atoms with Crippen LogP contribution in [0, 0.1) is 0 Å². The van der Waals surface area contributed by atoms with Gasteiger partial charge in [-0.25, -0.2) is 9.79 Å². The van der Waals surface area contributed by atoms with Gasteiger partial charge in [-0.15, -0.1) is 0 Å². The Balaban J connectivity index is 1.84. The van der Waals surface area contributed by atoms with Gasteiger partial charge in [0, 0.05) is 10.6 Å². The molecule has 3 rings (SSSR count). The quantitative estimate of drug-likeness (QED) is 0.727. The van der Waals surface area contributed by atoms with E-state index < -0.39 is 5.97 Å². The fraction of sp³-hybridized carbons (Fsp3) is 0.105. The fourth-order valence-corrected chi connectivity index (χ4v) is 3.35. The van der Waals surface area contributed by atoms with Gasteiger partial charge in [0.2, 0.25) is 0 Å². The van der Waals surface area contributed by atoms with Crippen LogP contribution in [0.3, 0.4) is 0 Å². The molecule has 0 atom stereocenters. The van der Waals surface area contributed by atoms with E-state index in [1.54, 1.807) is 36.4 Å². The van der Waals surface area contributed by atoms with Crippen LogP contribution in [0.2, 0.25) is 5.02 Å². The van der Waals surface area contributed by atoms with Gasteiger partial charge in [-0.2, -0.15) is 0 Å². The molecule has 138 valence electrons. The van der Waals surface area contributed by atoms with Gasteiger partial charge in [0.1, 0.15) is 5.75 Å². The Bertz CT molecular complexity index is 955. The van der Waals surface area contributed by atoms with Crippen LogP contribution >= 0.6 is 23.4 Å². The highest BCUT2D eigenvalue weighted by Crippen LogP contribution is 2.32. The van der Waals surface area contributed by atoms with Gasteiger partial charge < -0.3 is 15.2 Å². The summed E-state index contributed by atoms with van der Waals surface area (Å²) in [6.45, 7) is 2.37. The number of nitrogens with zero attached hydrogens (tertiary/aromatic N) is 1. The minimum absolute atomic E-state index is 0.173. The average Bonchev–Trinajstić information content (AvgIpc) is 2.97. The number of amidine groups is 1. The Morgan fingerprint density at radius 1 is 1.30 bits per heavy atom. The van der Waals surface area contributed by atoms with Crippen LogP contribution in [0.5, 0.6) is 5.75 Å². The molecule has 27 heavy (non-hydrogen) atoms. The van der Waals surface area contributed by atoms with Gasteiger partial charge in [-0.1, -0.05) is 11.6 Å². The summed E-state index contributed by atoms with van der Waals surface area (Å²) in [6, 6.07) is 11.3. The van der Waals surface area contributed by atoms with Crippen molar-refractivity contribution < 1.29 is 19.4 Å². The van der Waals surface area contributed by atoms with Crippen LogP contribution in [0.1, 0.15) is 22.8 Å². The Morgan fingerprint density at radius 2 is 2.04 bits per heavy atom. The lowest BCUT2D eigenvalue weighted by Gasteiger charge is -2.07. The maximum absolute atomic E-state index is 12.2. The predicted molar refractivity (Wildman–Crippen MR) is 107 cm³/mol. The van der Waals surface area contributed by atoms with Crippen molar-refractivity contribution in [2.45, 2.75) is 6.92 Å². The lowest BCUT2D eigenvalue weighted by molar-refractivity contribution is -0.115. The second kappa shape index (κ2) is 8.28. The van der Waals surface area contributed by atoms with Crippen molar-refractivity contribution in [1.29, 1.82) is 0 Å². The first-order chi connectivity index (χ1) is 13.0. The second-order valence-electron chi connectivity index (χ2n) is 5.45. The number of benzene rings is 2.